The van der Waals surface area contributed by atoms with Gasteiger partial charge < -0.3 is 10.2 Å². The van der Waals surface area contributed by atoms with Crippen LogP contribution in [0.1, 0.15) is 27.7 Å². The fraction of sp³-hybridized carbons (Fsp3) is 0.529. The van der Waals surface area contributed by atoms with E-state index in [4.69, 9.17) is 11.6 Å². The molecule has 1 aromatic rings. The minimum absolute atomic E-state index is 0.0248. The Bertz CT molecular complexity index is 521. The molecule has 5 nitrogen and oxygen atoms in total. The van der Waals surface area contributed by atoms with Crippen molar-refractivity contribution in [3.05, 3.63) is 29.3 Å². The van der Waals surface area contributed by atoms with E-state index in [2.05, 4.69) is 5.32 Å². The molecule has 0 aliphatic carbocycles. The Morgan fingerprint density at radius 1 is 1.04 bits per heavy atom. The lowest BCUT2D eigenvalue weighted by Crippen LogP contribution is -2.47. The second kappa shape index (κ2) is 8.89. The number of nitrogens with one attached hydrogen (secondary N) is 1. The van der Waals surface area contributed by atoms with Gasteiger partial charge in [-0.25, -0.2) is 0 Å². The molecular weight excluding hydrogens is 314 g/mol. The van der Waals surface area contributed by atoms with Crippen molar-refractivity contribution in [2.24, 2.45) is 0 Å². The van der Waals surface area contributed by atoms with Gasteiger partial charge in [-0.05, 0) is 59.0 Å². The third-order valence-electron chi connectivity index (χ3n) is 3.35. The Morgan fingerprint density at radius 2 is 1.57 bits per heavy atom. The van der Waals surface area contributed by atoms with E-state index in [1.807, 2.05) is 32.6 Å². The van der Waals surface area contributed by atoms with Gasteiger partial charge in [0.1, 0.15) is 0 Å². The molecule has 0 unspecified atom stereocenters. The first-order valence-corrected chi connectivity index (χ1v) is 8.13. The van der Waals surface area contributed by atoms with E-state index >= 15 is 0 Å². The molecule has 0 bridgehead atoms. The predicted molar refractivity (Wildman–Crippen MR) is 94.7 cm³/mol. The first kappa shape index (κ1) is 19.5. The molecule has 0 aromatic heterocycles. The topological polar surface area (TPSA) is 52.7 Å². The van der Waals surface area contributed by atoms with Crippen LogP contribution in [0, 0.1) is 0 Å². The number of benzene rings is 1. The first-order valence-electron chi connectivity index (χ1n) is 7.75. The van der Waals surface area contributed by atoms with Crippen LogP contribution in [0.3, 0.4) is 0 Å². The molecule has 2 amide bonds. The van der Waals surface area contributed by atoms with Gasteiger partial charge in [0.25, 0.3) is 0 Å². The van der Waals surface area contributed by atoms with Crippen molar-refractivity contribution < 1.29 is 9.59 Å². The summed E-state index contributed by atoms with van der Waals surface area (Å²) in [6.07, 6.45) is 0. The number of hydrogen-bond acceptors (Lipinski definition) is 3. The molecule has 6 heteroatoms. The van der Waals surface area contributed by atoms with E-state index in [9.17, 15) is 9.59 Å². The van der Waals surface area contributed by atoms with Gasteiger partial charge in [-0.15, -0.1) is 0 Å². The number of anilines is 1. The van der Waals surface area contributed by atoms with Crippen LogP contribution in [0.15, 0.2) is 24.3 Å². The maximum atomic E-state index is 12.4. The number of carbonyl (C=O) groups is 2. The molecule has 1 aromatic carbocycles. The Balaban J connectivity index is 2.51. The zero-order valence-electron chi connectivity index (χ0n) is 14.5. The molecule has 0 spiro atoms. The highest BCUT2D eigenvalue weighted by atomic mass is 35.5. The second-order valence-corrected chi connectivity index (χ2v) is 6.65. The van der Waals surface area contributed by atoms with Gasteiger partial charge in [0.15, 0.2) is 0 Å². The molecule has 128 valence electrons. The number of halogens is 1. The number of likely N-dealkylation sites (N-methyl/N-ethyl adjacent to an activating group) is 1. The molecule has 0 aliphatic heterocycles. The zero-order chi connectivity index (χ0) is 17.6. The molecular formula is C17H26ClN3O2. The van der Waals surface area contributed by atoms with Crippen molar-refractivity contribution in [1.82, 2.24) is 9.80 Å². The average molecular weight is 340 g/mol. The monoisotopic (exact) mass is 339 g/mol. The number of carbonyl (C=O) groups excluding carboxylic acids is 2. The van der Waals surface area contributed by atoms with Crippen LogP contribution < -0.4 is 5.32 Å². The van der Waals surface area contributed by atoms with Crippen molar-refractivity contribution in [1.29, 1.82) is 0 Å². The predicted octanol–water partition coefficient (Wildman–Crippen LogP) is 2.86. The van der Waals surface area contributed by atoms with Gasteiger partial charge in [-0.3, -0.25) is 14.5 Å². The summed E-state index contributed by atoms with van der Waals surface area (Å²) in [6.45, 7) is 8.33. The summed E-state index contributed by atoms with van der Waals surface area (Å²) in [7, 11) is 1.76. The highest BCUT2D eigenvalue weighted by molar-refractivity contribution is 6.30. The van der Waals surface area contributed by atoms with E-state index in [-0.39, 0.29) is 37.0 Å². The summed E-state index contributed by atoms with van der Waals surface area (Å²) in [6, 6.07) is 7.19. The number of amides is 2. The Labute approximate surface area is 143 Å². The smallest absolute Gasteiger partial charge is 0.238 e. The summed E-state index contributed by atoms with van der Waals surface area (Å²) in [4.78, 5) is 27.9. The summed E-state index contributed by atoms with van der Waals surface area (Å²) in [5, 5.41) is 3.40. The maximum absolute atomic E-state index is 12.4. The summed E-state index contributed by atoms with van der Waals surface area (Å²) >= 11 is 5.81. The van der Waals surface area contributed by atoms with Crippen molar-refractivity contribution >= 4 is 29.1 Å². The van der Waals surface area contributed by atoms with E-state index in [0.29, 0.717) is 10.7 Å². The lowest BCUT2D eigenvalue weighted by molar-refractivity contribution is -0.135. The third-order valence-corrected chi connectivity index (χ3v) is 3.60. The van der Waals surface area contributed by atoms with E-state index < -0.39 is 0 Å². The third kappa shape index (κ3) is 6.59. The number of nitrogens with zero attached hydrogens (tertiary/aromatic N) is 2. The van der Waals surface area contributed by atoms with Crippen LogP contribution in [0.2, 0.25) is 5.02 Å². The lowest BCUT2D eigenvalue weighted by Gasteiger charge is -2.32. The molecule has 0 radical (unpaired) electrons. The van der Waals surface area contributed by atoms with Gasteiger partial charge in [0, 0.05) is 22.8 Å². The first-order chi connectivity index (χ1) is 10.7. The Morgan fingerprint density at radius 3 is 2.04 bits per heavy atom. The molecule has 0 heterocycles. The van der Waals surface area contributed by atoms with E-state index in [1.165, 1.54) is 0 Å². The number of hydrogen-bond donors (Lipinski definition) is 1. The average Bonchev–Trinajstić information content (AvgIpc) is 2.39. The molecule has 0 fully saturated rings. The Kier molecular flexibility index (Phi) is 7.52. The zero-order valence-corrected chi connectivity index (χ0v) is 15.2. The number of rotatable bonds is 7. The van der Waals surface area contributed by atoms with Gasteiger partial charge in [0.2, 0.25) is 11.8 Å². The normalized spacial score (nSPS) is 11.2. The highest BCUT2D eigenvalue weighted by Crippen LogP contribution is 2.13. The minimum Gasteiger partial charge on any atom is -0.337 e. The fourth-order valence-electron chi connectivity index (χ4n) is 2.52. The van der Waals surface area contributed by atoms with Crippen molar-refractivity contribution in [3.8, 4) is 0 Å². The lowest BCUT2D eigenvalue weighted by atomic mass is 10.2. The van der Waals surface area contributed by atoms with Crippen LogP contribution in [-0.4, -0.2) is 53.8 Å². The molecule has 1 N–H and O–H groups in total. The summed E-state index contributed by atoms with van der Waals surface area (Å²) in [5.74, 6) is -0.139. The van der Waals surface area contributed by atoms with Crippen molar-refractivity contribution in [3.63, 3.8) is 0 Å². The molecule has 1 rings (SSSR count). The highest BCUT2D eigenvalue weighted by Gasteiger charge is 2.21. The van der Waals surface area contributed by atoms with Crippen LogP contribution in [0.5, 0.6) is 0 Å². The van der Waals surface area contributed by atoms with Gasteiger partial charge in [0.05, 0.1) is 13.1 Å². The molecule has 0 atom stereocenters. The van der Waals surface area contributed by atoms with Gasteiger partial charge in [-0.2, -0.15) is 0 Å². The van der Waals surface area contributed by atoms with Crippen LogP contribution in [-0.2, 0) is 9.59 Å². The standard InChI is InChI=1S/C17H26ClN3O2/c1-12(2)21(13(3)4)17(23)11-20(5)10-16(22)19-15-8-6-14(18)7-9-15/h6-9,12-13H,10-11H2,1-5H3,(H,19,22). The second-order valence-electron chi connectivity index (χ2n) is 6.22. The molecule has 0 saturated heterocycles. The summed E-state index contributed by atoms with van der Waals surface area (Å²) < 4.78 is 0. The minimum atomic E-state index is -0.164. The fourth-order valence-corrected chi connectivity index (χ4v) is 2.65. The van der Waals surface area contributed by atoms with Gasteiger partial charge in [-0.1, -0.05) is 11.6 Å². The largest absolute Gasteiger partial charge is 0.337 e. The molecule has 23 heavy (non-hydrogen) atoms. The van der Waals surface area contributed by atoms with Crippen molar-refractivity contribution in [2.45, 2.75) is 39.8 Å². The maximum Gasteiger partial charge on any atom is 0.238 e. The van der Waals surface area contributed by atoms with Crippen LogP contribution in [0.4, 0.5) is 5.69 Å². The van der Waals surface area contributed by atoms with Crippen LogP contribution in [0.25, 0.3) is 0 Å². The Hall–Kier alpha value is -1.59. The van der Waals surface area contributed by atoms with Gasteiger partial charge >= 0.3 is 0 Å². The van der Waals surface area contributed by atoms with E-state index in [0.717, 1.165) is 0 Å². The SMILES string of the molecule is CC(C)N(C(=O)CN(C)CC(=O)Nc1ccc(Cl)cc1)C(C)C. The van der Waals surface area contributed by atoms with E-state index in [1.54, 1.807) is 36.2 Å². The van der Waals surface area contributed by atoms with Crippen LogP contribution >= 0.6 is 11.6 Å². The molecule has 0 saturated carbocycles. The molecule has 0 aliphatic rings. The van der Waals surface area contributed by atoms with Crippen molar-refractivity contribution in [2.75, 3.05) is 25.5 Å². The summed E-state index contributed by atoms with van der Waals surface area (Å²) in [5.41, 5.74) is 0.685. The quantitative estimate of drug-likeness (QED) is 0.831.